The van der Waals surface area contributed by atoms with Gasteiger partial charge in [0.25, 0.3) is 0 Å². The van der Waals surface area contributed by atoms with Gasteiger partial charge in [0.15, 0.2) is 5.78 Å². The number of anilines is 1. The summed E-state index contributed by atoms with van der Waals surface area (Å²) in [6.07, 6.45) is 2.83. The number of nitrogens with two attached hydrogens (primary N) is 1. The molecule has 1 atom stereocenters. The van der Waals surface area contributed by atoms with Crippen molar-refractivity contribution in [1.82, 2.24) is 5.32 Å². The van der Waals surface area contributed by atoms with E-state index in [1.807, 2.05) is 25.1 Å². The van der Waals surface area contributed by atoms with Crippen LogP contribution in [0.5, 0.6) is 0 Å². The van der Waals surface area contributed by atoms with Crippen LogP contribution >= 0.6 is 0 Å². The molecule has 16 heavy (non-hydrogen) atoms. The molecule has 1 fully saturated rings. The van der Waals surface area contributed by atoms with Crippen molar-refractivity contribution in [3.05, 3.63) is 29.3 Å². The van der Waals surface area contributed by atoms with Crippen LogP contribution in [0.3, 0.4) is 0 Å². The Balaban J connectivity index is 2.10. The number of hydrogen-bond acceptors (Lipinski definition) is 3. The summed E-state index contributed by atoms with van der Waals surface area (Å²) in [5.74, 6) is 0.153. The van der Waals surface area contributed by atoms with Gasteiger partial charge >= 0.3 is 0 Å². The first-order valence-electron chi connectivity index (χ1n) is 5.79. The summed E-state index contributed by atoms with van der Waals surface area (Å²) < 4.78 is 0. The Labute approximate surface area is 96.0 Å². The highest BCUT2D eigenvalue weighted by Crippen LogP contribution is 2.18. The van der Waals surface area contributed by atoms with Crippen LogP contribution in [0.1, 0.15) is 35.2 Å². The zero-order valence-electron chi connectivity index (χ0n) is 9.62. The van der Waals surface area contributed by atoms with E-state index >= 15 is 0 Å². The molecule has 1 aromatic rings. The van der Waals surface area contributed by atoms with Gasteiger partial charge in [-0.3, -0.25) is 4.79 Å². The van der Waals surface area contributed by atoms with Gasteiger partial charge in [-0.25, -0.2) is 0 Å². The van der Waals surface area contributed by atoms with Crippen LogP contribution in [-0.4, -0.2) is 18.4 Å². The van der Waals surface area contributed by atoms with Crippen molar-refractivity contribution < 1.29 is 4.79 Å². The first-order chi connectivity index (χ1) is 7.66. The zero-order valence-corrected chi connectivity index (χ0v) is 9.62. The monoisotopic (exact) mass is 218 g/mol. The average Bonchev–Trinajstić information content (AvgIpc) is 2.74. The van der Waals surface area contributed by atoms with E-state index in [2.05, 4.69) is 5.32 Å². The molecular formula is C13H18N2O. The van der Waals surface area contributed by atoms with Gasteiger partial charge in [0.1, 0.15) is 0 Å². The highest BCUT2D eigenvalue weighted by molar-refractivity contribution is 6.01. The van der Waals surface area contributed by atoms with Gasteiger partial charge in [0.2, 0.25) is 0 Å². The van der Waals surface area contributed by atoms with Crippen LogP contribution < -0.4 is 11.1 Å². The maximum absolute atomic E-state index is 12.1. The van der Waals surface area contributed by atoms with Crippen molar-refractivity contribution in [2.45, 2.75) is 32.2 Å². The van der Waals surface area contributed by atoms with Crippen molar-refractivity contribution in [1.29, 1.82) is 0 Å². The molecule has 0 amide bonds. The molecule has 0 aromatic heterocycles. The molecule has 3 N–H and O–H groups in total. The lowest BCUT2D eigenvalue weighted by molar-refractivity contribution is 0.0972. The smallest absolute Gasteiger partial charge is 0.166 e. The number of benzene rings is 1. The molecule has 0 bridgehead atoms. The number of nitrogen functional groups attached to an aromatic ring is 1. The Bertz CT molecular complexity index is 395. The molecule has 86 valence electrons. The largest absolute Gasteiger partial charge is 0.398 e. The number of carbonyl (C=O) groups excluding carboxylic acids is 1. The Kier molecular flexibility index (Phi) is 3.25. The standard InChI is InChI=1S/C13H18N2O/c1-9-4-5-12(14)11(7-9)13(16)8-10-3-2-6-15-10/h4-5,7,10,15H,2-3,6,8,14H2,1H3. The predicted molar refractivity (Wildman–Crippen MR) is 65.6 cm³/mol. The molecule has 0 spiro atoms. The second-order valence-corrected chi connectivity index (χ2v) is 4.51. The fourth-order valence-electron chi connectivity index (χ4n) is 2.18. The van der Waals surface area contributed by atoms with Crippen molar-refractivity contribution in [2.75, 3.05) is 12.3 Å². The molecule has 1 unspecified atom stereocenters. The molecule has 1 heterocycles. The second kappa shape index (κ2) is 4.66. The third-order valence-electron chi connectivity index (χ3n) is 3.10. The summed E-state index contributed by atoms with van der Waals surface area (Å²) in [7, 11) is 0. The number of rotatable bonds is 3. The third kappa shape index (κ3) is 2.42. The number of nitrogens with one attached hydrogen (secondary N) is 1. The minimum Gasteiger partial charge on any atom is -0.398 e. The van der Waals surface area contributed by atoms with Gasteiger partial charge in [0.05, 0.1) is 0 Å². The fourth-order valence-corrected chi connectivity index (χ4v) is 2.18. The summed E-state index contributed by atoms with van der Waals surface area (Å²) >= 11 is 0. The van der Waals surface area contributed by atoms with Crippen molar-refractivity contribution >= 4 is 11.5 Å². The molecule has 1 saturated heterocycles. The van der Waals surface area contributed by atoms with E-state index in [0.717, 1.165) is 18.5 Å². The van der Waals surface area contributed by atoms with E-state index in [4.69, 9.17) is 5.73 Å². The number of hydrogen-bond donors (Lipinski definition) is 2. The minimum atomic E-state index is 0.153. The molecule has 3 heteroatoms. The number of Topliss-reactive ketones (excluding diaryl/α,β-unsaturated/α-hetero) is 1. The van der Waals surface area contributed by atoms with Gasteiger partial charge in [-0.05, 0) is 38.4 Å². The zero-order chi connectivity index (χ0) is 11.5. The average molecular weight is 218 g/mol. The van der Waals surface area contributed by atoms with E-state index < -0.39 is 0 Å². The summed E-state index contributed by atoms with van der Waals surface area (Å²) in [6, 6.07) is 5.96. The second-order valence-electron chi connectivity index (χ2n) is 4.51. The number of carbonyl (C=O) groups is 1. The maximum Gasteiger partial charge on any atom is 0.166 e. The first-order valence-corrected chi connectivity index (χ1v) is 5.79. The molecule has 0 aliphatic carbocycles. The third-order valence-corrected chi connectivity index (χ3v) is 3.10. The van der Waals surface area contributed by atoms with E-state index in [1.165, 1.54) is 6.42 Å². The quantitative estimate of drug-likeness (QED) is 0.602. The van der Waals surface area contributed by atoms with Gasteiger partial charge in [-0.2, -0.15) is 0 Å². The normalized spacial score (nSPS) is 19.9. The predicted octanol–water partition coefficient (Wildman–Crippen LogP) is 1.90. The van der Waals surface area contributed by atoms with Crippen molar-refractivity contribution in [3.8, 4) is 0 Å². The molecule has 1 aromatic carbocycles. The van der Waals surface area contributed by atoms with Crippen LogP contribution in [-0.2, 0) is 0 Å². The van der Waals surface area contributed by atoms with E-state index in [1.54, 1.807) is 0 Å². The first kappa shape index (κ1) is 11.1. The van der Waals surface area contributed by atoms with E-state index in [-0.39, 0.29) is 5.78 Å². The number of aryl methyl sites for hydroxylation is 1. The van der Waals surface area contributed by atoms with Crippen molar-refractivity contribution in [3.63, 3.8) is 0 Å². The topological polar surface area (TPSA) is 55.1 Å². The van der Waals surface area contributed by atoms with Gasteiger partial charge < -0.3 is 11.1 Å². The molecule has 0 radical (unpaired) electrons. The molecule has 0 saturated carbocycles. The number of ketones is 1. The highest BCUT2D eigenvalue weighted by atomic mass is 16.1. The summed E-state index contributed by atoms with van der Waals surface area (Å²) in [5.41, 5.74) is 8.17. The lowest BCUT2D eigenvalue weighted by Gasteiger charge is -2.10. The molecule has 1 aliphatic rings. The van der Waals surface area contributed by atoms with Crippen LogP contribution in [0.15, 0.2) is 18.2 Å². The van der Waals surface area contributed by atoms with Crippen LogP contribution in [0.2, 0.25) is 0 Å². The Morgan fingerprint density at radius 3 is 3.06 bits per heavy atom. The van der Waals surface area contributed by atoms with Gasteiger partial charge in [-0.15, -0.1) is 0 Å². The molecule has 3 nitrogen and oxygen atoms in total. The van der Waals surface area contributed by atoms with Crippen LogP contribution in [0, 0.1) is 6.92 Å². The fraction of sp³-hybridized carbons (Fsp3) is 0.462. The maximum atomic E-state index is 12.1. The van der Waals surface area contributed by atoms with E-state index in [9.17, 15) is 4.79 Å². The Morgan fingerprint density at radius 2 is 2.38 bits per heavy atom. The lowest BCUT2D eigenvalue weighted by Crippen LogP contribution is -2.24. The SMILES string of the molecule is Cc1ccc(N)c(C(=O)CC2CCCN2)c1. The van der Waals surface area contributed by atoms with Crippen LogP contribution in [0.4, 0.5) is 5.69 Å². The summed E-state index contributed by atoms with van der Waals surface area (Å²) in [5, 5.41) is 3.33. The Morgan fingerprint density at radius 1 is 1.56 bits per heavy atom. The summed E-state index contributed by atoms with van der Waals surface area (Å²) in [4.78, 5) is 12.1. The van der Waals surface area contributed by atoms with Crippen LogP contribution in [0.25, 0.3) is 0 Å². The molecule has 1 aliphatic heterocycles. The summed E-state index contributed by atoms with van der Waals surface area (Å²) in [6.45, 7) is 3.01. The van der Waals surface area contributed by atoms with Gasteiger partial charge in [0, 0.05) is 23.7 Å². The lowest BCUT2D eigenvalue weighted by atomic mass is 10.00. The Hall–Kier alpha value is -1.35. The molecule has 2 rings (SSSR count). The van der Waals surface area contributed by atoms with E-state index in [0.29, 0.717) is 23.7 Å². The minimum absolute atomic E-state index is 0.153. The molecular weight excluding hydrogens is 200 g/mol. The van der Waals surface area contributed by atoms with Crippen molar-refractivity contribution in [2.24, 2.45) is 0 Å². The van der Waals surface area contributed by atoms with Gasteiger partial charge in [-0.1, -0.05) is 11.6 Å². The highest BCUT2D eigenvalue weighted by Gasteiger charge is 2.19.